The van der Waals surface area contributed by atoms with Gasteiger partial charge in [-0.15, -0.1) is 11.3 Å². The Morgan fingerprint density at radius 3 is 2.76 bits per heavy atom. The van der Waals surface area contributed by atoms with Gasteiger partial charge < -0.3 is 5.32 Å². The highest BCUT2D eigenvalue weighted by Gasteiger charge is 2.15. The van der Waals surface area contributed by atoms with E-state index in [9.17, 15) is 9.59 Å². The number of hydrogen-bond donors (Lipinski definition) is 1. The smallest absolute Gasteiger partial charge is 0.262 e. The van der Waals surface area contributed by atoms with E-state index in [0.29, 0.717) is 23.6 Å². The number of fused-ring (bicyclic) bond motifs is 1. The molecule has 0 bridgehead atoms. The minimum Gasteiger partial charge on any atom is -0.355 e. The number of thioether (sulfide) groups is 1. The molecule has 3 rings (SSSR count). The van der Waals surface area contributed by atoms with E-state index in [1.54, 1.807) is 15.9 Å². The molecule has 1 N–H and O–H groups in total. The van der Waals surface area contributed by atoms with E-state index in [-0.39, 0.29) is 17.2 Å². The van der Waals surface area contributed by atoms with E-state index in [0.717, 1.165) is 35.4 Å². The highest BCUT2D eigenvalue weighted by Crippen LogP contribution is 2.25. The van der Waals surface area contributed by atoms with Crippen LogP contribution in [0.3, 0.4) is 0 Å². The Labute approximate surface area is 179 Å². The van der Waals surface area contributed by atoms with Crippen molar-refractivity contribution in [3.8, 4) is 0 Å². The van der Waals surface area contributed by atoms with Crippen molar-refractivity contribution in [2.45, 2.75) is 51.2 Å². The summed E-state index contributed by atoms with van der Waals surface area (Å²) in [6.45, 7) is 5.41. The van der Waals surface area contributed by atoms with Crippen molar-refractivity contribution in [3.63, 3.8) is 0 Å². The first-order valence-electron chi connectivity index (χ1n) is 10.1. The summed E-state index contributed by atoms with van der Waals surface area (Å²) in [5.74, 6) is 0.242. The monoisotopic (exact) mass is 429 g/mol. The Kier molecular flexibility index (Phi) is 7.89. The van der Waals surface area contributed by atoms with E-state index in [2.05, 4.69) is 31.3 Å². The topological polar surface area (TPSA) is 64.0 Å². The molecular weight excluding hydrogens is 402 g/mol. The van der Waals surface area contributed by atoms with Crippen molar-refractivity contribution < 1.29 is 4.79 Å². The molecule has 0 aliphatic carbocycles. The fourth-order valence-electron chi connectivity index (χ4n) is 3.00. The first-order chi connectivity index (χ1) is 14.1. The normalized spacial score (nSPS) is 11.1. The lowest BCUT2D eigenvalue weighted by atomic mass is 10.1. The number of amides is 1. The number of hydrogen-bond acceptors (Lipinski definition) is 5. The molecule has 0 fully saturated rings. The first-order valence-corrected chi connectivity index (χ1v) is 11.9. The standard InChI is InChI=1S/C22H27N3O2S2/c1-3-5-12-23-19(26)15-28-22-24-20-18(14-17(4-2)29-20)21(27)25(22)13-11-16-9-7-6-8-10-16/h6-10,14H,3-5,11-13,15H2,1-2H3,(H,23,26). The number of unbranched alkanes of at least 4 members (excludes halogenated alkanes) is 1. The van der Waals surface area contributed by atoms with Gasteiger partial charge in [-0.25, -0.2) is 4.98 Å². The fraction of sp³-hybridized carbons (Fsp3) is 0.409. The van der Waals surface area contributed by atoms with Crippen LogP contribution in [0.1, 0.15) is 37.1 Å². The molecule has 2 heterocycles. The molecule has 0 atom stereocenters. The zero-order valence-electron chi connectivity index (χ0n) is 16.9. The highest BCUT2D eigenvalue weighted by atomic mass is 32.2. The zero-order valence-corrected chi connectivity index (χ0v) is 18.6. The van der Waals surface area contributed by atoms with Crippen LogP contribution in [-0.4, -0.2) is 27.8 Å². The fourth-order valence-corrected chi connectivity index (χ4v) is 4.86. The summed E-state index contributed by atoms with van der Waals surface area (Å²) in [5.41, 5.74) is 1.16. The zero-order chi connectivity index (χ0) is 20.6. The summed E-state index contributed by atoms with van der Waals surface area (Å²) in [6, 6.07) is 12.1. The van der Waals surface area contributed by atoms with Crippen molar-refractivity contribution in [2.24, 2.45) is 0 Å². The third-order valence-electron chi connectivity index (χ3n) is 4.67. The minimum atomic E-state index is -0.0205. The van der Waals surface area contributed by atoms with Gasteiger partial charge in [0.25, 0.3) is 5.56 Å². The number of carbonyl (C=O) groups is 1. The summed E-state index contributed by atoms with van der Waals surface area (Å²) in [4.78, 5) is 32.0. The predicted octanol–water partition coefficient (Wildman–Crippen LogP) is 4.27. The number of benzene rings is 1. The van der Waals surface area contributed by atoms with Gasteiger partial charge in [0.05, 0.1) is 11.1 Å². The molecule has 3 aromatic rings. The molecule has 1 amide bonds. The number of aryl methyl sites for hydroxylation is 2. The number of aromatic nitrogens is 2. The second-order valence-electron chi connectivity index (χ2n) is 6.86. The Hall–Kier alpha value is -2.12. The summed E-state index contributed by atoms with van der Waals surface area (Å²) in [6.07, 6.45) is 3.64. The van der Waals surface area contributed by atoms with Gasteiger partial charge in [-0.1, -0.05) is 62.4 Å². The third kappa shape index (κ3) is 5.70. The van der Waals surface area contributed by atoms with E-state index in [4.69, 9.17) is 4.98 Å². The number of nitrogens with one attached hydrogen (secondary N) is 1. The SMILES string of the molecule is CCCCNC(=O)CSc1nc2sc(CC)cc2c(=O)n1CCc1ccccc1. The summed E-state index contributed by atoms with van der Waals surface area (Å²) >= 11 is 2.90. The van der Waals surface area contributed by atoms with Crippen molar-refractivity contribution in [1.82, 2.24) is 14.9 Å². The lowest BCUT2D eigenvalue weighted by Gasteiger charge is -2.12. The molecule has 0 saturated heterocycles. The van der Waals surface area contributed by atoms with Crippen LogP contribution in [0.2, 0.25) is 0 Å². The molecule has 0 radical (unpaired) electrons. The van der Waals surface area contributed by atoms with Gasteiger partial charge in [-0.3, -0.25) is 14.2 Å². The molecule has 0 unspecified atom stereocenters. The van der Waals surface area contributed by atoms with Gasteiger partial charge in [0.1, 0.15) is 4.83 Å². The molecule has 1 aromatic carbocycles. The van der Waals surface area contributed by atoms with E-state index >= 15 is 0 Å². The maximum Gasteiger partial charge on any atom is 0.262 e. The van der Waals surface area contributed by atoms with Gasteiger partial charge in [0.15, 0.2) is 5.16 Å². The number of thiophene rings is 1. The van der Waals surface area contributed by atoms with Crippen LogP contribution in [0.25, 0.3) is 10.2 Å². The Bertz CT molecular complexity index is 1010. The molecule has 2 aromatic heterocycles. The number of rotatable bonds is 10. The van der Waals surface area contributed by atoms with E-state index in [1.807, 2.05) is 24.3 Å². The quantitative estimate of drug-likeness (QED) is 0.297. The van der Waals surface area contributed by atoms with Crippen molar-refractivity contribution >= 4 is 39.2 Å². The predicted molar refractivity (Wildman–Crippen MR) is 122 cm³/mol. The molecule has 0 saturated carbocycles. The molecule has 7 heteroatoms. The maximum atomic E-state index is 13.2. The van der Waals surface area contributed by atoms with Crippen LogP contribution >= 0.6 is 23.1 Å². The first kappa shape index (κ1) is 21.6. The van der Waals surface area contributed by atoms with Gasteiger partial charge >= 0.3 is 0 Å². The third-order valence-corrected chi connectivity index (χ3v) is 6.82. The Balaban J connectivity index is 1.84. The number of carbonyl (C=O) groups excluding carboxylic acids is 1. The van der Waals surface area contributed by atoms with Crippen LogP contribution in [-0.2, 0) is 24.2 Å². The van der Waals surface area contributed by atoms with Crippen molar-refractivity contribution in [2.75, 3.05) is 12.3 Å². The Morgan fingerprint density at radius 2 is 2.03 bits per heavy atom. The van der Waals surface area contributed by atoms with E-state index < -0.39 is 0 Å². The lowest BCUT2D eigenvalue weighted by Crippen LogP contribution is -2.27. The average Bonchev–Trinajstić information content (AvgIpc) is 3.16. The average molecular weight is 430 g/mol. The van der Waals surface area contributed by atoms with Crippen LogP contribution in [0.15, 0.2) is 46.3 Å². The minimum absolute atomic E-state index is 0.0178. The summed E-state index contributed by atoms with van der Waals surface area (Å²) in [7, 11) is 0. The Morgan fingerprint density at radius 1 is 1.24 bits per heavy atom. The maximum absolute atomic E-state index is 13.2. The van der Waals surface area contributed by atoms with E-state index in [1.165, 1.54) is 17.3 Å². The van der Waals surface area contributed by atoms with Gasteiger partial charge in [-0.05, 0) is 30.9 Å². The summed E-state index contributed by atoms with van der Waals surface area (Å²) in [5, 5.41) is 4.22. The van der Waals surface area contributed by atoms with Crippen LogP contribution < -0.4 is 10.9 Å². The number of nitrogens with zero attached hydrogens (tertiary/aromatic N) is 2. The second-order valence-corrected chi connectivity index (χ2v) is 8.92. The molecule has 0 aliphatic heterocycles. The van der Waals surface area contributed by atoms with Crippen molar-refractivity contribution in [1.29, 1.82) is 0 Å². The largest absolute Gasteiger partial charge is 0.355 e. The van der Waals surface area contributed by atoms with Crippen LogP contribution in [0.5, 0.6) is 0 Å². The second kappa shape index (κ2) is 10.6. The van der Waals surface area contributed by atoms with Gasteiger partial charge in [-0.2, -0.15) is 0 Å². The lowest BCUT2D eigenvalue weighted by molar-refractivity contribution is -0.118. The molecular formula is C22H27N3O2S2. The van der Waals surface area contributed by atoms with Crippen LogP contribution in [0.4, 0.5) is 0 Å². The van der Waals surface area contributed by atoms with Gasteiger partial charge in [0, 0.05) is 18.0 Å². The van der Waals surface area contributed by atoms with Crippen LogP contribution in [0, 0.1) is 0 Å². The van der Waals surface area contributed by atoms with Crippen molar-refractivity contribution in [3.05, 3.63) is 57.2 Å². The molecule has 5 nitrogen and oxygen atoms in total. The van der Waals surface area contributed by atoms with Gasteiger partial charge in [0.2, 0.25) is 5.91 Å². The molecule has 0 aliphatic rings. The highest BCUT2D eigenvalue weighted by molar-refractivity contribution is 7.99. The molecule has 29 heavy (non-hydrogen) atoms. The molecule has 0 spiro atoms. The summed E-state index contributed by atoms with van der Waals surface area (Å²) < 4.78 is 1.73. The molecule has 154 valence electrons.